The Morgan fingerprint density at radius 2 is 2.07 bits per heavy atom. The van der Waals surface area contributed by atoms with Gasteiger partial charge in [0.05, 0.1) is 41.5 Å². The summed E-state index contributed by atoms with van der Waals surface area (Å²) < 4.78 is 69.9. The van der Waals surface area contributed by atoms with E-state index in [9.17, 15) is 22.4 Å². The summed E-state index contributed by atoms with van der Waals surface area (Å²) in [5.74, 6) is -0.365. The van der Waals surface area contributed by atoms with Crippen LogP contribution in [0.25, 0.3) is 22.4 Å². The summed E-state index contributed by atoms with van der Waals surface area (Å²) in [4.78, 5) is 19.0. The van der Waals surface area contributed by atoms with E-state index in [-0.39, 0.29) is 41.9 Å². The minimum absolute atomic E-state index is 0.0385. The van der Waals surface area contributed by atoms with Gasteiger partial charge in [-0.3, -0.25) is 4.79 Å². The van der Waals surface area contributed by atoms with E-state index in [4.69, 9.17) is 9.26 Å². The van der Waals surface area contributed by atoms with Crippen LogP contribution in [-0.2, 0) is 23.4 Å². The molecule has 3 aromatic heterocycles. The predicted octanol–water partition coefficient (Wildman–Crippen LogP) is 4.96. The smallest absolute Gasteiger partial charge is 0.379 e. The van der Waals surface area contributed by atoms with Gasteiger partial charge < -0.3 is 33.9 Å². The minimum Gasteiger partial charge on any atom is -0.379 e. The molecule has 2 aliphatic rings. The SMILES string of the molecule is CCOCC1(n2ccc(C(=O)NCc3nc(-c4cc5c(N[C@@H]6CCN(C)C[C@@H]6F)cccc5n4CC(F)(F)F)no3)c2)CC1. The Morgan fingerprint density at radius 3 is 2.80 bits per heavy atom. The fraction of sp³-hybridized carbons (Fsp3) is 0.500. The summed E-state index contributed by atoms with van der Waals surface area (Å²) in [5, 5.41) is 10.4. The number of fused-ring (bicyclic) bond motifs is 1. The average molecular weight is 618 g/mol. The molecule has 1 saturated heterocycles. The summed E-state index contributed by atoms with van der Waals surface area (Å²) >= 11 is 0. The number of benzene rings is 1. The number of carbonyl (C=O) groups excluding carboxylic acids is 1. The van der Waals surface area contributed by atoms with Gasteiger partial charge in [0.2, 0.25) is 11.7 Å². The van der Waals surface area contributed by atoms with Crippen molar-refractivity contribution in [2.24, 2.45) is 0 Å². The Morgan fingerprint density at radius 1 is 1.25 bits per heavy atom. The number of aromatic nitrogens is 4. The third kappa shape index (κ3) is 6.32. The molecule has 0 unspecified atom stereocenters. The third-order valence-corrected chi connectivity index (χ3v) is 8.37. The van der Waals surface area contributed by atoms with Crippen LogP contribution in [0, 0.1) is 0 Å². The van der Waals surface area contributed by atoms with Crippen LogP contribution in [0.3, 0.4) is 0 Å². The molecule has 44 heavy (non-hydrogen) atoms. The van der Waals surface area contributed by atoms with Gasteiger partial charge in [0.25, 0.3) is 5.91 Å². The number of piperidine rings is 1. The van der Waals surface area contributed by atoms with Gasteiger partial charge in [-0.2, -0.15) is 18.2 Å². The zero-order valence-electron chi connectivity index (χ0n) is 24.5. The number of halogens is 4. The van der Waals surface area contributed by atoms with Crippen LogP contribution in [0.5, 0.6) is 0 Å². The first-order valence-electron chi connectivity index (χ1n) is 14.7. The molecule has 0 bridgehead atoms. The molecule has 4 aromatic rings. The van der Waals surface area contributed by atoms with Gasteiger partial charge in [0.1, 0.15) is 12.7 Å². The zero-order chi connectivity index (χ0) is 31.1. The Labute approximate surface area is 251 Å². The quantitative estimate of drug-likeness (QED) is 0.229. The highest BCUT2D eigenvalue weighted by Gasteiger charge is 2.44. The lowest BCUT2D eigenvalue weighted by atomic mass is 10.0. The normalized spacial score (nSPS) is 20.2. The van der Waals surface area contributed by atoms with E-state index >= 15 is 0 Å². The number of carbonyl (C=O) groups is 1. The van der Waals surface area contributed by atoms with E-state index in [0.717, 1.165) is 17.4 Å². The number of likely N-dealkylation sites (tertiary alicyclic amines) is 1. The molecule has 4 heterocycles. The van der Waals surface area contributed by atoms with Crippen LogP contribution in [-0.4, -0.2) is 81.8 Å². The number of nitrogens with zero attached hydrogens (tertiary/aromatic N) is 5. The minimum atomic E-state index is -4.53. The van der Waals surface area contributed by atoms with Gasteiger partial charge in [-0.1, -0.05) is 11.2 Å². The molecule has 0 radical (unpaired) electrons. The van der Waals surface area contributed by atoms with Crippen LogP contribution in [0.15, 0.2) is 47.2 Å². The second kappa shape index (κ2) is 11.9. The van der Waals surface area contributed by atoms with Crippen molar-refractivity contribution in [1.29, 1.82) is 0 Å². The Bertz CT molecular complexity index is 1620. The molecule has 10 nitrogen and oxygen atoms in total. The number of rotatable bonds is 11. The number of hydrogen-bond acceptors (Lipinski definition) is 7. The number of alkyl halides is 4. The fourth-order valence-electron chi connectivity index (χ4n) is 5.79. The molecule has 1 amide bonds. The van der Waals surface area contributed by atoms with Crippen molar-refractivity contribution in [3.05, 3.63) is 54.2 Å². The second-order valence-corrected chi connectivity index (χ2v) is 11.7. The third-order valence-electron chi connectivity index (χ3n) is 8.37. The summed E-state index contributed by atoms with van der Waals surface area (Å²) in [6.07, 6.45) is 0.492. The molecule has 236 valence electrons. The Kier molecular flexibility index (Phi) is 8.14. The fourth-order valence-corrected chi connectivity index (χ4v) is 5.79. The molecule has 2 fully saturated rings. The topological polar surface area (TPSA) is 102 Å². The van der Waals surface area contributed by atoms with Crippen molar-refractivity contribution >= 4 is 22.5 Å². The van der Waals surface area contributed by atoms with Crippen LogP contribution < -0.4 is 10.6 Å². The van der Waals surface area contributed by atoms with Crippen molar-refractivity contribution in [3.63, 3.8) is 0 Å². The van der Waals surface area contributed by atoms with Crippen molar-refractivity contribution in [2.75, 3.05) is 38.7 Å². The highest BCUT2D eigenvalue weighted by atomic mass is 19.4. The molecule has 0 spiro atoms. The molecule has 1 aromatic carbocycles. The van der Waals surface area contributed by atoms with Gasteiger partial charge in [0.15, 0.2) is 0 Å². The first-order valence-corrected chi connectivity index (χ1v) is 14.7. The molecular weight excluding hydrogens is 582 g/mol. The lowest BCUT2D eigenvalue weighted by Gasteiger charge is -2.33. The lowest BCUT2D eigenvalue weighted by molar-refractivity contribution is -0.139. The highest BCUT2D eigenvalue weighted by Crippen LogP contribution is 2.44. The van der Waals surface area contributed by atoms with E-state index in [2.05, 4.69) is 20.8 Å². The predicted molar refractivity (Wildman–Crippen MR) is 155 cm³/mol. The van der Waals surface area contributed by atoms with Crippen LogP contribution in [0.4, 0.5) is 23.2 Å². The van der Waals surface area contributed by atoms with Gasteiger partial charge in [-0.05, 0) is 57.5 Å². The average Bonchev–Trinajstić information content (AvgIpc) is 3.31. The Hall–Kier alpha value is -3.91. The standard InChI is InChI=1S/C30H35F4N7O3/c1-3-43-18-29(9-10-29)40-12-7-19(15-40)28(42)35-14-26-37-27(38-44-26)25-13-20-22(36-23-8-11-39(2)16-21(23)31)5-4-6-24(20)41(25)17-30(32,33)34/h4-7,12-13,15,21,23,36H,3,8-11,14,16-18H2,1-2H3,(H,35,42)/t21-,23+/m0/s1. The number of hydrogen-bond donors (Lipinski definition) is 2. The number of ether oxygens (including phenoxy) is 1. The Balaban J connectivity index is 1.20. The molecule has 6 rings (SSSR count). The molecule has 1 aliphatic heterocycles. The van der Waals surface area contributed by atoms with E-state index in [1.165, 1.54) is 0 Å². The van der Waals surface area contributed by atoms with Crippen molar-refractivity contribution in [1.82, 2.24) is 29.5 Å². The van der Waals surface area contributed by atoms with Crippen LogP contribution in [0.1, 0.15) is 42.4 Å². The molecular formula is C30H35F4N7O3. The monoisotopic (exact) mass is 617 g/mol. The molecule has 14 heteroatoms. The van der Waals surface area contributed by atoms with Crippen molar-refractivity contribution in [2.45, 2.75) is 63.2 Å². The van der Waals surface area contributed by atoms with E-state index in [0.29, 0.717) is 48.3 Å². The molecule has 1 saturated carbocycles. The summed E-state index contributed by atoms with van der Waals surface area (Å²) in [5.41, 5.74) is 1.26. The lowest BCUT2D eigenvalue weighted by Crippen LogP contribution is -2.46. The van der Waals surface area contributed by atoms with E-state index in [1.54, 1.807) is 36.5 Å². The van der Waals surface area contributed by atoms with Crippen molar-refractivity contribution in [3.8, 4) is 11.5 Å². The largest absolute Gasteiger partial charge is 0.406 e. The maximum absolute atomic E-state index is 14.8. The van der Waals surface area contributed by atoms with Gasteiger partial charge in [-0.25, -0.2) is 4.39 Å². The van der Waals surface area contributed by atoms with Gasteiger partial charge >= 0.3 is 6.18 Å². The summed E-state index contributed by atoms with van der Waals surface area (Å²) in [6, 6.07) is 7.74. The van der Waals surface area contributed by atoms with Crippen molar-refractivity contribution < 1.29 is 31.6 Å². The van der Waals surface area contributed by atoms with E-state index in [1.807, 2.05) is 29.6 Å². The maximum atomic E-state index is 14.8. The number of nitrogens with one attached hydrogen (secondary N) is 2. The summed E-state index contributed by atoms with van der Waals surface area (Å²) in [6.45, 7) is 2.74. The molecule has 1 aliphatic carbocycles. The van der Waals surface area contributed by atoms with Crippen LogP contribution in [0.2, 0.25) is 0 Å². The van der Waals surface area contributed by atoms with Gasteiger partial charge in [-0.15, -0.1) is 0 Å². The number of anilines is 1. The van der Waals surface area contributed by atoms with Gasteiger partial charge in [0, 0.05) is 43.2 Å². The second-order valence-electron chi connectivity index (χ2n) is 11.7. The molecule has 2 atom stereocenters. The first-order chi connectivity index (χ1) is 21.0. The molecule has 2 N–H and O–H groups in total. The zero-order valence-corrected chi connectivity index (χ0v) is 24.5. The van der Waals surface area contributed by atoms with E-state index < -0.39 is 24.9 Å². The summed E-state index contributed by atoms with van der Waals surface area (Å²) in [7, 11) is 1.85. The highest BCUT2D eigenvalue weighted by molar-refractivity contribution is 5.96. The number of amides is 1. The maximum Gasteiger partial charge on any atom is 0.406 e. The first kappa shape index (κ1) is 30.1. The van der Waals surface area contributed by atoms with Crippen LogP contribution >= 0.6 is 0 Å².